The van der Waals surface area contributed by atoms with Crippen LogP contribution >= 0.6 is 0 Å². The van der Waals surface area contributed by atoms with E-state index < -0.39 is 0 Å². The number of aromatic hydroxyl groups is 1. The molecule has 98 valence electrons. The van der Waals surface area contributed by atoms with Gasteiger partial charge in [-0.3, -0.25) is 0 Å². The molecule has 0 aromatic heterocycles. The Balaban J connectivity index is 1.82. The van der Waals surface area contributed by atoms with Crippen molar-refractivity contribution < 1.29 is 9.84 Å². The van der Waals surface area contributed by atoms with Gasteiger partial charge in [-0.25, -0.2) is 0 Å². The molecule has 1 saturated heterocycles. The fourth-order valence-corrected chi connectivity index (χ4v) is 2.37. The van der Waals surface area contributed by atoms with Crippen LogP contribution in [0.4, 0.5) is 5.69 Å². The van der Waals surface area contributed by atoms with E-state index in [1.807, 2.05) is 12.1 Å². The van der Waals surface area contributed by atoms with Crippen molar-refractivity contribution in [3.63, 3.8) is 0 Å². The van der Waals surface area contributed by atoms with Gasteiger partial charge in [-0.05, 0) is 35.4 Å². The summed E-state index contributed by atoms with van der Waals surface area (Å²) in [6, 6.07) is 15.8. The highest BCUT2D eigenvalue weighted by Crippen LogP contribution is 2.25. The number of nitrogens with zero attached hydrogens (tertiary/aromatic N) is 1. The van der Waals surface area contributed by atoms with Crippen LogP contribution < -0.4 is 4.90 Å². The Kier molecular flexibility index (Phi) is 3.38. The maximum atomic E-state index is 9.51. The minimum atomic E-state index is 0.301. The van der Waals surface area contributed by atoms with Crippen molar-refractivity contribution in [3.8, 4) is 16.9 Å². The van der Waals surface area contributed by atoms with Gasteiger partial charge < -0.3 is 14.7 Å². The summed E-state index contributed by atoms with van der Waals surface area (Å²) in [6.07, 6.45) is 0. The zero-order chi connectivity index (χ0) is 13.1. The summed E-state index contributed by atoms with van der Waals surface area (Å²) in [5, 5.41) is 9.51. The summed E-state index contributed by atoms with van der Waals surface area (Å²) in [5.74, 6) is 0.301. The minimum absolute atomic E-state index is 0.301. The van der Waals surface area contributed by atoms with Crippen LogP contribution in [0.3, 0.4) is 0 Å². The summed E-state index contributed by atoms with van der Waals surface area (Å²) >= 11 is 0. The Labute approximate surface area is 113 Å². The van der Waals surface area contributed by atoms with Crippen molar-refractivity contribution in [2.75, 3.05) is 31.2 Å². The molecule has 1 aliphatic heterocycles. The first-order valence-electron chi connectivity index (χ1n) is 6.55. The average Bonchev–Trinajstić information content (AvgIpc) is 2.48. The third kappa shape index (κ3) is 2.71. The van der Waals surface area contributed by atoms with E-state index in [0.717, 1.165) is 37.4 Å². The van der Waals surface area contributed by atoms with E-state index in [1.54, 1.807) is 12.1 Å². The van der Waals surface area contributed by atoms with Gasteiger partial charge in [-0.15, -0.1) is 0 Å². The Morgan fingerprint density at radius 1 is 0.895 bits per heavy atom. The number of hydrogen-bond donors (Lipinski definition) is 1. The summed E-state index contributed by atoms with van der Waals surface area (Å²) < 4.78 is 5.36. The number of phenols is 1. The van der Waals surface area contributed by atoms with Crippen LogP contribution in [0.25, 0.3) is 11.1 Å². The molecule has 19 heavy (non-hydrogen) atoms. The van der Waals surface area contributed by atoms with Crippen molar-refractivity contribution in [1.82, 2.24) is 0 Å². The number of benzene rings is 2. The van der Waals surface area contributed by atoms with Gasteiger partial charge in [0.25, 0.3) is 0 Å². The third-order valence-electron chi connectivity index (χ3n) is 3.42. The molecule has 0 radical (unpaired) electrons. The van der Waals surface area contributed by atoms with E-state index in [-0.39, 0.29) is 0 Å². The lowest BCUT2D eigenvalue weighted by Crippen LogP contribution is -2.36. The zero-order valence-corrected chi connectivity index (χ0v) is 10.7. The van der Waals surface area contributed by atoms with E-state index in [4.69, 9.17) is 4.74 Å². The second-order valence-electron chi connectivity index (χ2n) is 4.70. The van der Waals surface area contributed by atoms with Crippen LogP contribution in [0.1, 0.15) is 0 Å². The molecule has 2 aromatic rings. The highest BCUT2D eigenvalue weighted by atomic mass is 16.5. The lowest BCUT2D eigenvalue weighted by molar-refractivity contribution is 0.122. The molecule has 3 nitrogen and oxygen atoms in total. The standard InChI is InChI=1S/C16H17NO2/c18-16-3-1-2-14(12-16)13-4-6-15(7-5-13)17-8-10-19-11-9-17/h1-7,12,18H,8-11H2. The first kappa shape index (κ1) is 12.1. The van der Waals surface area contributed by atoms with E-state index in [0.29, 0.717) is 5.75 Å². The Morgan fingerprint density at radius 2 is 1.63 bits per heavy atom. The van der Waals surface area contributed by atoms with Crippen molar-refractivity contribution >= 4 is 5.69 Å². The topological polar surface area (TPSA) is 32.7 Å². The van der Waals surface area contributed by atoms with Crippen LogP contribution in [0.2, 0.25) is 0 Å². The van der Waals surface area contributed by atoms with Gasteiger partial charge >= 0.3 is 0 Å². The van der Waals surface area contributed by atoms with Crippen LogP contribution in [0.15, 0.2) is 48.5 Å². The number of rotatable bonds is 2. The molecular formula is C16H17NO2. The molecule has 0 bridgehead atoms. The van der Waals surface area contributed by atoms with Crippen molar-refractivity contribution in [2.24, 2.45) is 0 Å². The minimum Gasteiger partial charge on any atom is -0.508 e. The molecule has 1 N–H and O–H groups in total. The molecule has 1 fully saturated rings. The second-order valence-corrected chi connectivity index (χ2v) is 4.70. The van der Waals surface area contributed by atoms with Crippen molar-refractivity contribution in [1.29, 1.82) is 0 Å². The van der Waals surface area contributed by atoms with Crippen LogP contribution in [0.5, 0.6) is 5.75 Å². The predicted octanol–water partition coefficient (Wildman–Crippen LogP) is 2.90. The van der Waals surface area contributed by atoms with Gasteiger partial charge in [0, 0.05) is 18.8 Å². The molecular weight excluding hydrogens is 238 g/mol. The zero-order valence-electron chi connectivity index (χ0n) is 10.7. The first-order valence-corrected chi connectivity index (χ1v) is 6.55. The largest absolute Gasteiger partial charge is 0.508 e. The fraction of sp³-hybridized carbons (Fsp3) is 0.250. The normalized spacial score (nSPS) is 15.5. The number of phenolic OH excluding ortho intramolecular Hbond substituents is 1. The smallest absolute Gasteiger partial charge is 0.116 e. The number of anilines is 1. The van der Waals surface area contributed by atoms with Gasteiger partial charge in [-0.2, -0.15) is 0 Å². The monoisotopic (exact) mass is 255 g/mol. The van der Waals surface area contributed by atoms with Gasteiger partial charge in [-0.1, -0.05) is 24.3 Å². The quantitative estimate of drug-likeness (QED) is 0.895. The molecule has 0 atom stereocenters. The maximum Gasteiger partial charge on any atom is 0.116 e. The molecule has 1 aliphatic rings. The van der Waals surface area contributed by atoms with Crippen LogP contribution in [-0.2, 0) is 4.74 Å². The number of ether oxygens (including phenoxy) is 1. The van der Waals surface area contributed by atoms with E-state index in [1.165, 1.54) is 5.69 Å². The number of morpholine rings is 1. The maximum absolute atomic E-state index is 9.51. The third-order valence-corrected chi connectivity index (χ3v) is 3.42. The van der Waals surface area contributed by atoms with E-state index >= 15 is 0 Å². The molecule has 3 rings (SSSR count). The van der Waals surface area contributed by atoms with E-state index in [9.17, 15) is 5.11 Å². The predicted molar refractivity (Wildman–Crippen MR) is 76.6 cm³/mol. The Morgan fingerprint density at radius 3 is 2.32 bits per heavy atom. The molecule has 0 aliphatic carbocycles. The summed E-state index contributed by atoms with van der Waals surface area (Å²) in [5.41, 5.74) is 3.38. The van der Waals surface area contributed by atoms with Crippen molar-refractivity contribution in [2.45, 2.75) is 0 Å². The van der Waals surface area contributed by atoms with Crippen LogP contribution in [0, 0.1) is 0 Å². The number of hydrogen-bond acceptors (Lipinski definition) is 3. The van der Waals surface area contributed by atoms with E-state index in [2.05, 4.69) is 29.2 Å². The first-order chi connectivity index (χ1) is 9.33. The molecule has 0 saturated carbocycles. The lowest BCUT2D eigenvalue weighted by Gasteiger charge is -2.28. The fourth-order valence-electron chi connectivity index (χ4n) is 2.37. The summed E-state index contributed by atoms with van der Waals surface area (Å²) in [7, 11) is 0. The highest BCUT2D eigenvalue weighted by Gasteiger charge is 2.10. The summed E-state index contributed by atoms with van der Waals surface area (Å²) in [6.45, 7) is 3.50. The van der Waals surface area contributed by atoms with Crippen molar-refractivity contribution in [3.05, 3.63) is 48.5 Å². The van der Waals surface area contributed by atoms with Gasteiger partial charge in [0.1, 0.15) is 5.75 Å². The van der Waals surface area contributed by atoms with Gasteiger partial charge in [0.05, 0.1) is 13.2 Å². The summed E-state index contributed by atoms with van der Waals surface area (Å²) in [4.78, 5) is 2.33. The molecule has 0 unspecified atom stereocenters. The SMILES string of the molecule is Oc1cccc(-c2ccc(N3CCOCC3)cc2)c1. The highest BCUT2D eigenvalue weighted by molar-refractivity contribution is 5.67. The average molecular weight is 255 g/mol. The molecule has 3 heteroatoms. The Bertz CT molecular complexity index is 545. The molecule has 2 aromatic carbocycles. The Hall–Kier alpha value is -2.00. The van der Waals surface area contributed by atoms with Crippen LogP contribution in [-0.4, -0.2) is 31.4 Å². The molecule has 0 spiro atoms. The molecule has 1 heterocycles. The van der Waals surface area contributed by atoms with Gasteiger partial charge in [0.2, 0.25) is 0 Å². The molecule has 0 amide bonds. The lowest BCUT2D eigenvalue weighted by atomic mass is 10.0. The van der Waals surface area contributed by atoms with Gasteiger partial charge in [0.15, 0.2) is 0 Å². The second kappa shape index (κ2) is 5.33.